The summed E-state index contributed by atoms with van der Waals surface area (Å²) in [6.45, 7) is 2.82. The lowest BCUT2D eigenvalue weighted by molar-refractivity contribution is -0.129. The highest BCUT2D eigenvalue weighted by atomic mass is 19.3. The Hall–Kier alpha value is -2.84. The smallest absolute Gasteiger partial charge is 0.255 e. The van der Waals surface area contributed by atoms with Gasteiger partial charge in [0.2, 0.25) is 5.91 Å². The summed E-state index contributed by atoms with van der Waals surface area (Å²) in [5.41, 5.74) is 2.29. The Kier molecular flexibility index (Phi) is 4.60. The van der Waals surface area contributed by atoms with Gasteiger partial charge in [-0.15, -0.1) is 0 Å². The molecule has 1 saturated heterocycles. The number of likely N-dealkylation sites (tertiary alicyclic amines) is 1. The largest absolute Gasteiger partial charge is 0.338 e. The number of nitrogens with zero attached hydrogens (tertiary/aromatic N) is 5. The second kappa shape index (κ2) is 6.96. The van der Waals surface area contributed by atoms with E-state index in [1.165, 1.54) is 11.1 Å². The summed E-state index contributed by atoms with van der Waals surface area (Å²) < 4.78 is 28.2. The number of carbonyl (C=O) groups excluding carboxylic acids is 2. The molecule has 0 unspecified atom stereocenters. The molecule has 0 saturated carbocycles. The zero-order valence-corrected chi connectivity index (χ0v) is 15.6. The maximum atomic E-state index is 13.3. The molecular weight excluding hydrogens is 368 g/mol. The van der Waals surface area contributed by atoms with E-state index < -0.39 is 5.92 Å². The molecule has 0 spiro atoms. The fraction of sp³-hybridized carbons (Fsp3) is 0.474. The van der Waals surface area contributed by atoms with E-state index in [4.69, 9.17) is 0 Å². The maximum absolute atomic E-state index is 13.3. The lowest BCUT2D eigenvalue weighted by atomic mass is 10.1. The van der Waals surface area contributed by atoms with E-state index in [1.54, 1.807) is 28.6 Å². The van der Waals surface area contributed by atoms with Gasteiger partial charge in [-0.1, -0.05) is 0 Å². The summed E-state index contributed by atoms with van der Waals surface area (Å²) in [6, 6.07) is 3.33. The second-order valence-electron chi connectivity index (χ2n) is 7.29. The van der Waals surface area contributed by atoms with Crippen LogP contribution >= 0.6 is 0 Å². The van der Waals surface area contributed by atoms with Crippen LogP contribution in [0.15, 0.2) is 24.5 Å². The third-order valence-corrected chi connectivity index (χ3v) is 5.31. The number of alkyl halides is 2. The van der Waals surface area contributed by atoms with E-state index in [-0.39, 0.29) is 37.7 Å². The molecule has 0 bridgehead atoms. The Balaban J connectivity index is 1.47. The van der Waals surface area contributed by atoms with Gasteiger partial charge in [-0.05, 0) is 12.1 Å². The molecule has 0 aromatic carbocycles. The maximum Gasteiger partial charge on any atom is 0.255 e. The Morgan fingerprint density at radius 2 is 1.86 bits per heavy atom. The minimum absolute atomic E-state index is 0.0369. The molecule has 7 nitrogen and oxygen atoms in total. The van der Waals surface area contributed by atoms with E-state index >= 15 is 0 Å². The molecule has 1 fully saturated rings. The van der Waals surface area contributed by atoms with Crippen molar-refractivity contribution in [3.63, 3.8) is 0 Å². The van der Waals surface area contributed by atoms with Crippen molar-refractivity contribution in [2.24, 2.45) is 0 Å². The van der Waals surface area contributed by atoms with Gasteiger partial charge in [0.15, 0.2) is 5.82 Å². The zero-order valence-electron chi connectivity index (χ0n) is 15.6. The van der Waals surface area contributed by atoms with Crippen LogP contribution in [0.3, 0.4) is 0 Å². The number of aromatic nitrogens is 3. The molecule has 4 heterocycles. The van der Waals surface area contributed by atoms with Crippen LogP contribution < -0.4 is 0 Å². The Morgan fingerprint density at radius 1 is 1.11 bits per heavy atom. The first-order valence-electron chi connectivity index (χ1n) is 9.29. The zero-order chi connectivity index (χ0) is 19.9. The molecule has 148 valence electrons. The van der Waals surface area contributed by atoms with Crippen molar-refractivity contribution in [2.75, 3.05) is 19.6 Å². The van der Waals surface area contributed by atoms with Gasteiger partial charge in [-0.25, -0.2) is 18.4 Å². The predicted molar refractivity (Wildman–Crippen MR) is 96.2 cm³/mol. The van der Waals surface area contributed by atoms with Gasteiger partial charge in [0.25, 0.3) is 11.8 Å². The first-order valence-corrected chi connectivity index (χ1v) is 9.29. The van der Waals surface area contributed by atoms with Gasteiger partial charge in [0.1, 0.15) is 0 Å². The van der Waals surface area contributed by atoms with E-state index in [0.717, 1.165) is 11.3 Å². The standard InChI is InChI=1S/C19H21F2N5O2/c1-13(27)25-7-4-16-15(11-25)12-26(23-16)17-3-2-14(10-22-17)18(28)24-8-5-19(20,21)6-9-24/h2-3,10,12H,4-9,11H2,1H3. The monoisotopic (exact) mass is 389 g/mol. The van der Waals surface area contributed by atoms with Crippen molar-refractivity contribution < 1.29 is 18.4 Å². The third kappa shape index (κ3) is 3.61. The van der Waals surface area contributed by atoms with Crippen molar-refractivity contribution in [3.05, 3.63) is 41.3 Å². The average Bonchev–Trinajstić information content (AvgIpc) is 3.11. The van der Waals surface area contributed by atoms with E-state index in [1.807, 2.05) is 6.20 Å². The molecule has 9 heteroatoms. The molecule has 2 amide bonds. The van der Waals surface area contributed by atoms with Gasteiger partial charge in [-0.2, -0.15) is 5.10 Å². The van der Waals surface area contributed by atoms with Gasteiger partial charge < -0.3 is 9.80 Å². The number of amides is 2. The third-order valence-electron chi connectivity index (χ3n) is 5.31. The Labute approximate surface area is 160 Å². The molecular formula is C19H21F2N5O2. The number of carbonyl (C=O) groups is 2. The summed E-state index contributed by atoms with van der Waals surface area (Å²) in [6.07, 6.45) is 3.38. The molecule has 2 aliphatic heterocycles. The van der Waals surface area contributed by atoms with Gasteiger partial charge in [0.05, 0.1) is 11.3 Å². The molecule has 28 heavy (non-hydrogen) atoms. The fourth-order valence-electron chi connectivity index (χ4n) is 3.57. The van der Waals surface area contributed by atoms with Crippen LogP contribution in [0.2, 0.25) is 0 Å². The predicted octanol–water partition coefficient (Wildman–Crippen LogP) is 2.04. The molecule has 4 rings (SSSR count). The average molecular weight is 389 g/mol. The molecule has 0 N–H and O–H groups in total. The summed E-state index contributed by atoms with van der Waals surface area (Å²) in [5.74, 6) is -2.37. The number of piperidine rings is 1. The second-order valence-corrected chi connectivity index (χ2v) is 7.29. The highest BCUT2D eigenvalue weighted by Crippen LogP contribution is 2.28. The van der Waals surface area contributed by atoms with Crippen LogP contribution in [0, 0.1) is 0 Å². The lowest BCUT2D eigenvalue weighted by Gasteiger charge is -2.31. The van der Waals surface area contributed by atoms with Crippen molar-refractivity contribution in [2.45, 2.75) is 38.7 Å². The summed E-state index contributed by atoms with van der Waals surface area (Å²) in [7, 11) is 0. The SMILES string of the molecule is CC(=O)N1CCc2nn(-c3ccc(C(=O)N4CCC(F)(F)CC4)cn3)cc2C1. The molecule has 0 radical (unpaired) electrons. The number of hydrogen-bond donors (Lipinski definition) is 0. The number of halogens is 2. The van der Waals surface area contributed by atoms with Crippen LogP contribution in [-0.4, -0.2) is 61.9 Å². The minimum atomic E-state index is -2.68. The summed E-state index contributed by atoms with van der Waals surface area (Å²) >= 11 is 0. The van der Waals surface area contributed by atoms with E-state index in [0.29, 0.717) is 30.9 Å². The summed E-state index contributed by atoms with van der Waals surface area (Å²) in [4.78, 5) is 31.6. The normalized spacial score (nSPS) is 18.7. The quantitative estimate of drug-likeness (QED) is 0.788. The van der Waals surface area contributed by atoms with Gasteiger partial charge in [0, 0.05) is 70.3 Å². The first kappa shape index (κ1) is 18.5. The van der Waals surface area contributed by atoms with Crippen molar-refractivity contribution in [1.82, 2.24) is 24.6 Å². The number of fused-ring (bicyclic) bond motifs is 1. The fourth-order valence-corrected chi connectivity index (χ4v) is 3.57. The van der Waals surface area contributed by atoms with Crippen LogP contribution in [0.4, 0.5) is 8.78 Å². The Morgan fingerprint density at radius 3 is 2.50 bits per heavy atom. The highest BCUT2D eigenvalue weighted by Gasteiger charge is 2.35. The number of rotatable bonds is 2. The number of hydrogen-bond acceptors (Lipinski definition) is 4. The molecule has 0 atom stereocenters. The van der Waals surface area contributed by atoms with Gasteiger partial charge >= 0.3 is 0 Å². The van der Waals surface area contributed by atoms with Crippen LogP contribution in [0.5, 0.6) is 0 Å². The lowest BCUT2D eigenvalue weighted by Crippen LogP contribution is -2.42. The molecule has 2 aromatic rings. The van der Waals surface area contributed by atoms with Crippen LogP contribution in [0.25, 0.3) is 5.82 Å². The molecule has 2 aromatic heterocycles. The van der Waals surface area contributed by atoms with Gasteiger partial charge in [-0.3, -0.25) is 9.59 Å². The summed E-state index contributed by atoms with van der Waals surface area (Å²) in [5, 5.41) is 4.53. The topological polar surface area (TPSA) is 71.3 Å². The highest BCUT2D eigenvalue weighted by molar-refractivity contribution is 5.94. The first-order chi connectivity index (χ1) is 13.3. The van der Waals surface area contributed by atoms with Crippen molar-refractivity contribution >= 4 is 11.8 Å². The minimum Gasteiger partial charge on any atom is -0.338 e. The Bertz CT molecular complexity index is 900. The van der Waals surface area contributed by atoms with Crippen LogP contribution in [0.1, 0.15) is 41.4 Å². The van der Waals surface area contributed by atoms with Crippen molar-refractivity contribution in [3.8, 4) is 5.82 Å². The van der Waals surface area contributed by atoms with Crippen molar-refractivity contribution in [1.29, 1.82) is 0 Å². The van der Waals surface area contributed by atoms with Crippen LogP contribution in [-0.2, 0) is 17.8 Å². The van der Waals surface area contributed by atoms with E-state index in [2.05, 4.69) is 10.1 Å². The number of pyridine rings is 1. The molecule has 2 aliphatic rings. The molecule has 0 aliphatic carbocycles. The van der Waals surface area contributed by atoms with E-state index in [9.17, 15) is 18.4 Å².